The quantitative estimate of drug-likeness (QED) is 0.438. The van der Waals surface area contributed by atoms with Crippen molar-refractivity contribution in [3.8, 4) is 0 Å². The van der Waals surface area contributed by atoms with E-state index in [2.05, 4.69) is 39.8 Å². The molecule has 21 heavy (non-hydrogen) atoms. The van der Waals surface area contributed by atoms with E-state index in [1.807, 2.05) is 12.2 Å². The van der Waals surface area contributed by atoms with Gasteiger partial charge in [-0.1, -0.05) is 52.0 Å². The Bertz CT molecular complexity index is 439. The molecule has 3 heteroatoms. The maximum absolute atomic E-state index is 12.1. The zero-order valence-electron chi connectivity index (χ0n) is 13.5. The van der Waals surface area contributed by atoms with Crippen molar-refractivity contribution >= 4 is 11.9 Å². The molecule has 2 aliphatic carbocycles. The molecule has 0 heterocycles. The fraction of sp³-hybridized carbons (Fsp3) is 0.667. The minimum absolute atomic E-state index is 0.137. The van der Waals surface area contributed by atoms with Crippen molar-refractivity contribution in [3.05, 3.63) is 24.3 Å². The minimum Gasteiger partial charge on any atom is -0.392 e. The Morgan fingerprint density at radius 2 is 1.24 bits per heavy atom. The summed E-state index contributed by atoms with van der Waals surface area (Å²) >= 11 is 0. The molecule has 3 nitrogen and oxygen atoms in total. The fourth-order valence-electron chi connectivity index (χ4n) is 2.81. The Hall–Kier alpha value is -1.38. The maximum Gasteiger partial charge on any atom is 0.320 e. The van der Waals surface area contributed by atoms with E-state index in [1.54, 1.807) is 0 Å². The molecule has 0 aromatic carbocycles. The van der Waals surface area contributed by atoms with Crippen LogP contribution in [-0.2, 0) is 14.3 Å². The topological polar surface area (TPSA) is 43.4 Å². The number of allylic oxidation sites excluding steroid dienone is 2. The van der Waals surface area contributed by atoms with Crippen LogP contribution in [0.15, 0.2) is 24.3 Å². The van der Waals surface area contributed by atoms with Gasteiger partial charge in [0.25, 0.3) is 0 Å². The van der Waals surface area contributed by atoms with E-state index >= 15 is 0 Å². The zero-order valence-corrected chi connectivity index (χ0v) is 13.5. The Kier molecular flexibility index (Phi) is 4.40. The van der Waals surface area contributed by atoms with Crippen molar-refractivity contribution in [2.24, 2.45) is 22.7 Å². The van der Waals surface area contributed by atoms with Crippen molar-refractivity contribution in [2.75, 3.05) is 0 Å². The minimum atomic E-state index is -0.398. The third kappa shape index (κ3) is 4.29. The fourth-order valence-corrected chi connectivity index (χ4v) is 2.81. The van der Waals surface area contributed by atoms with Gasteiger partial charge in [0.05, 0.1) is 11.8 Å². The Morgan fingerprint density at radius 1 is 0.857 bits per heavy atom. The van der Waals surface area contributed by atoms with Gasteiger partial charge in [0.2, 0.25) is 0 Å². The second kappa shape index (κ2) is 5.78. The van der Waals surface area contributed by atoms with E-state index < -0.39 is 11.9 Å². The zero-order chi connectivity index (χ0) is 15.7. The van der Waals surface area contributed by atoms with E-state index in [9.17, 15) is 9.59 Å². The van der Waals surface area contributed by atoms with Crippen molar-refractivity contribution < 1.29 is 14.3 Å². The van der Waals surface area contributed by atoms with Crippen LogP contribution in [0.5, 0.6) is 0 Å². The molecule has 0 bridgehead atoms. The largest absolute Gasteiger partial charge is 0.392 e. The molecule has 0 fully saturated rings. The number of rotatable bonds is 2. The molecule has 2 atom stereocenters. The number of carbonyl (C=O) groups excluding carboxylic acids is 2. The van der Waals surface area contributed by atoms with Gasteiger partial charge in [-0.25, -0.2) is 0 Å². The third-order valence-corrected chi connectivity index (χ3v) is 4.57. The molecule has 2 rings (SSSR count). The molecule has 0 saturated heterocycles. The van der Waals surface area contributed by atoms with Crippen LogP contribution in [0.3, 0.4) is 0 Å². The molecular weight excluding hydrogens is 264 g/mol. The third-order valence-electron chi connectivity index (χ3n) is 4.57. The van der Waals surface area contributed by atoms with Crippen LogP contribution >= 0.6 is 0 Å². The van der Waals surface area contributed by atoms with Gasteiger partial charge in [0, 0.05) is 0 Å². The van der Waals surface area contributed by atoms with E-state index in [-0.39, 0.29) is 22.7 Å². The first-order valence-corrected chi connectivity index (χ1v) is 7.83. The number of hydrogen-bond donors (Lipinski definition) is 0. The highest BCUT2D eigenvalue weighted by Gasteiger charge is 2.31. The van der Waals surface area contributed by atoms with Crippen LogP contribution in [0, 0.1) is 22.7 Å². The number of esters is 2. The van der Waals surface area contributed by atoms with Gasteiger partial charge in [0.1, 0.15) is 0 Å². The summed E-state index contributed by atoms with van der Waals surface area (Å²) in [6.07, 6.45) is 11.3. The van der Waals surface area contributed by atoms with Crippen molar-refractivity contribution in [3.63, 3.8) is 0 Å². The van der Waals surface area contributed by atoms with Gasteiger partial charge < -0.3 is 4.74 Å². The van der Waals surface area contributed by atoms with Crippen LogP contribution in [0.4, 0.5) is 0 Å². The van der Waals surface area contributed by atoms with Gasteiger partial charge in [-0.05, 0) is 36.5 Å². The van der Waals surface area contributed by atoms with Gasteiger partial charge in [-0.15, -0.1) is 0 Å². The molecule has 2 unspecified atom stereocenters. The van der Waals surface area contributed by atoms with Crippen LogP contribution in [0.25, 0.3) is 0 Å². The first-order chi connectivity index (χ1) is 9.69. The second-order valence-electron chi connectivity index (χ2n) is 7.73. The van der Waals surface area contributed by atoms with Crippen LogP contribution in [0.2, 0.25) is 0 Å². The lowest BCUT2D eigenvalue weighted by atomic mass is 9.78. The summed E-state index contributed by atoms with van der Waals surface area (Å²) < 4.78 is 5.09. The van der Waals surface area contributed by atoms with Gasteiger partial charge in [0.15, 0.2) is 0 Å². The van der Waals surface area contributed by atoms with E-state index in [4.69, 9.17) is 4.74 Å². The summed E-state index contributed by atoms with van der Waals surface area (Å²) in [5.74, 6) is -1.34. The van der Waals surface area contributed by atoms with Crippen LogP contribution < -0.4 is 0 Å². The molecule has 0 aromatic rings. The monoisotopic (exact) mass is 290 g/mol. The summed E-state index contributed by atoms with van der Waals surface area (Å²) in [4.78, 5) is 24.1. The SMILES string of the molecule is CC1(C)C=CC(C(=O)OC(=O)C2C=CC(C)(C)CC2)CC1. The lowest BCUT2D eigenvalue weighted by molar-refractivity contribution is -0.164. The lowest BCUT2D eigenvalue weighted by Crippen LogP contribution is -2.29. The lowest BCUT2D eigenvalue weighted by Gasteiger charge is -2.28. The molecule has 0 aromatic heterocycles. The molecule has 116 valence electrons. The van der Waals surface area contributed by atoms with E-state index in [0.717, 1.165) is 25.7 Å². The highest BCUT2D eigenvalue weighted by Crippen LogP contribution is 2.34. The van der Waals surface area contributed by atoms with Crippen molar-refractivity contribution in [1.82, 2.24) is 0 Å². The van der Waals surface area contributed by atoms with E-state index in [1.165, 1.54) is 0 Å². The summed E-state index contributed by atoms with van der Waals surface area (Å²) in [6, 6.07) is 0. The maximum atomic E-state index is 12.1. The molecule has 0 saturated carbocycles. The average Bonchev–Trinajstić information content (AvgIpc) is 2.38. The Labute approximate surface area is 127 Å². The molecule has 0 radical (unpaired) electrons. The highest BCUT2D eigenvalue weighted by molar-refractivity contribution is 5.89. The Morgan fingerprint density at radius 3 is 1.52 bits per heavy atom. The summed E-state index contributed by atoms with van der Waals surface area (Å²) in [6.45, 7) is 8.57. The average molecular weight is 290 g/mol. The highest BCUT2D eigenvalue weighted by atomic mass is 16.6. The first kappa shape index (κ1) is 16.0. The predicted molar refractivity (Wildman–Crippen MR) is 82.4 cm³/mol. The Balaban J connectivity index is 1.90. The van der Waals surface area contributed by atoms with Crippen LogP contribution in [-0.4, -0.2) is 11.9 Å². The number of carbonyl (C=O) groups is 2. The second-order valence-corrected chi connectivity index (χ2v) is 7.73. The normalized spacial score (nSPS) is 29.9. The molecule has 0 N–H and O–H groups in total. The summed E-state index contributed by atoms with van der Waals surface area (Å²) in [5, 5.41) is 0. The van der Waals surface area contributed by atoms with Gasteiger partial charge in [-0.2, -0.15) is 0 Å². The van der Waals surface area contributed by atoms with Crippen molar-refractivity contribution in [1.29, 1.82) is 0 Å². The van der Waals surface area contributed by atoms with E-state index in [0.29, 0.717) is 0 Å². The molecule has 0 amide bonds. The number of ether oxygens (including phenoxy) is 1. The smallest absolute Gasteiger partial charge is 0.320 e. The van der Waals surface area contributed by atoms with Gasteiger partial charge >= 0.3 is 11.9 Å². The molecule has 0 spiro atoms. The van der Waals surface area contributed by atoms with Gasteiger partial charge in [-0.3, -0.25) is 9.59 Å². The predicted octanol–water partition coefficient (Wildman–Crippen LogP) is 4.04. The first-order valence-electron chi connectivity index (χ1n) is 7.83. The molecule has 0 aliphatic heterocycles. The van der Waals surface area contributed by atoms with Crippen LogP contribution in [0.1, 0.15) is 53.4 Å². The molecule has 2 aliphatic rings. The molecular formula is C18H26O3. The number of hydrogen-bond acceptors (Lipinski definition) is 3. The summed E-state index contributed by atoms with van der Waals surface area (Å²) in [7, 11) is 0. The van der Waals surface area contributed by atoms with Crippen molar-refractivity contribution in [2.45, 2.75) is 53.4 Å². The summed E-state index contributed by atoms with van der Waals surface area (Å²) in [5.41, 5.74) is 0.275. The standard InChI is InChI=1S/C18H26O3/c1-17(2)9-5-13(6-10-17)15(19)21-16(20)14-7-11-18(3,4)12-8-14/h5,7,9,11,13-14H,6,8,10,12H2,1-4H3.